The van der Waals surface area contributed by atoms with E-state index in [1.165, 1.54) is 13.2 Å². The largest absolute Gasteiger partial charge is 0.506 e. The van der Waals surface area contributed by atoms with Crippen LogP contribution in [-0.4, -0.2) is 42.5 Å². The molecule has 3 aromatic rings. The maximum Gasteiger partial charge on any atom is 0.155 e. The second kappa shape index (κ2) is 8.99. The predicted molar refractivity (Wildman–Crippen MR) is 138 cm³/mol. The van der Waals surface area contributed by atoms with Crippen molar-refractivity contribution in [2.75, 3.05) is 31.6 Å². The van der Waals surface area contributed by atoms with Gasteiger partial charge in [0.05, 0.1) is 18.6 Å². The lowest BCUT2D eigenvalue weighted by molar-refractivity contribution is 0.274. The highest BCUT2D eigenvalue weighted by atomic mass is 32.1. The van der Waals surface area contributed by atoms with Gasteiger partial charge in [0.1, 0.15) is 22.4 Å². The van der Waals surface area contributed by atoms with Crippen molar-refractivity contribution in [2.45, 2.75) is 51.0 Å². The Kier molecular flexibility index (Phi) is 6.10. The fraction of sp³-hybridized carbons (Fsp3) is 0.481. The highest BCUT2D eigenvalue weighted by Crippen LogP contribution is 2.57. The van der Waals surface area contributed by atoms with Crippen molar-refractivity contribution in [3.8, 4) is 29.4 Å². The lowest BCUT2D eigenvalue weighted by Crippen LogP contribution is -2.47. The monoisotopic (exact) mass is 508 g/mol. The van der Waals surface area contributed by atoms with E-state index in [9.17, 15) is 15.5 Å². The first-order chi connectivity index (χ1) is 17.2. The number of nitrogens with zero attached hydrogens (tertiary/aromatic N) is 3. The number of ether oxygens (including phenoxy) is 1. The van der Waals surface area contributed by atoms with E-state index >= 15 is 4.39 Å². The third kappa shape index (κ3) is 3.78. The van der Waals surface area contributed by atoms with Gasteiger partial charge in [0.2, 0.25) is 0 Å². The molecule has 7 nitrogen and oxygen atoms in total. The zero-order valence-electron chi connectivity index (χ0n) is 20.6. The van der Waals surface area contributed by atoms with Crippen LogP contribution in [0.2, 0.25) is 0 Å². The number of aromatic hydroxyl groups is 2. The molecule has 2 aromatic carbocycles. The summed E-state index contributed by atoms with van der Waals surface area (Å²) in [6.07, 6.45) is 3.18. The summed E-state index contributed by atoms with van der Waals surface area (Å²) in [4.78, 5) is 2.14. The molecule has 0 unspecified atom stereocenters. The molecule has 1 saturated carbocycles. The van der Waals surface area contributed by atoms with E-state index in [2.05, 4.69) is 25.2 Å². The smallest absolute Gasteiger partial charge is 0.155 e. The molecule has 3 N–H and O–H groups in total. The van der Waals surface area contributed by atoms with Crippen LogP contribution in [0.4, 0.5) is 10.1 Å². The number of benzene rings is 2. The minimum atomic E-state index is -0.498. The van der Waals surface area contributed by atoms with E-state index in [0.717, 1.165) is 36.2 Å². The van der Waals surface area contributed by atoms with Crippen molar-refractivity contribution in [3.05, 3.63) is 22.3 Å². The van der Waals surface area contributed by atoms with Gasteiger partial charge in [-0.3, -0.25) is 0 Å². The molecule has 1 aliphatic carbocycles. The summed E-state index contributed by atoms with van der Waals surface area (Å²) < 4.78 is 22.3. The molecule has 188 valence electrons. The first-order valence-corrected chi connectivity index (χ1v) is 13.0. The highest BCUT2D eigenvalue weighted by molar-refractivity contribution is 7.20. The second-order valence-electron chi connectivity index (χ2n) is 10.3. The highest BCUT2D eigenvalue weighted by Gasteiger charge is 2.39. The number of nitriles is 2. The summed E-state index contributed by atoms with van der Waals surface area (Å²) in [6, 6.07) is 5.50. The minimum absolute atomic E-state index is 0.130. The van der Waals surface area contributed by atoms with Crippen LogP contribution in [0.3, 0.4) is 0 Å². The van der Waals surface area contributed by atoms with Crippen LogP contribution in [0.5, 0.6) is 17.2 Å². The van der Waals surface area contributed by atoms with E-state index in [1.807, 2.05) is 11.0 Å². The normalized spacial score (nSPS) is 18.1. The molecule has 1 atom stereocenters. The zero-order valence-corrected chi connectivity index (χ0v) is 21.4. The third-order valence-electron chi connectivity index (χ3n) is 7.73. The average Bonchev–Trinajstić information content (AvgIpc) is 3.45. The summed E-state index contributed by atoms with van der Waals surface area (Å²) in [5.41, 5.74) is 1.06. The Morgan fingerprint density at radius 1 is 1.22 bits per heavy atom. The Morgan fingerprint density at radius 3 is 2.61 bits per heavy atom. The van der Waals surface area contributed by atoms with E-state index in [4.69, 9.17) is 10.00 Å². The lowest BCUT2D eigenvalue weighted by Gasteiger charge is -2.33. The van der Waals surface area contributed by atoms with Crippen LogP contribution in [0.1, 0.15) is 55.9 Å². The Hall–Kier alpha value is -3.27. The number of phenolic OH excluding ortho intramolecular Hbond substituents is 1. The topological polar surface area (TPSA) is 113 Å². The standard InChI is InChI=1S/C27H29FN4O3S/c1-27(2,31-9-4-8-29)15-7-10-32(13-15)22-17(28)11-16-20(25(22)35-3)19(14-5-6-14)26-21(23(16)33)24(34)18(12-30)36-26/h11,14-15,31,33-34H,4-7,9-10,13H2,1-3H3/t15-/m1/s1. The number of anilines is 1. The zero-order chi connectivity index (χ0) is 25.8. The number of rotatable bonds is 7. The molecular weight excluding hydrogens is 479 g/mol. The number of nitrogens with one attached hydrogen (secondary N) is 1. The minimum Gasteiger partial charge on any atom is -0.506 e. The summed E-state index contributed by atoms with van der Waals surface area (Å²) in [5, 5.41) is 44.8. The van der Waals surface area contributed by atoms with E-state index in [-0.39, 0.29) is 44.5 Å². The van der Waals surface area contributed by atoms with Crippen molar-refractivity contribution in [2.24, 2.45) is 5.92 Å². The predicted octanol–water partition coefficient (Wildman–Crippen LogP) is 5.47. The summed E-state index contributed by atoms with van der Waals surface area (Å²) in [7, 11) is 1.52. The van der Waals surface area contributed by atoms with Gasteiger partial charge in [-0.2, -0.15) is 10.5 Å². The van der Waals surface area contributed by atoms with Crippen LogP contribution < -0.4 is 15.0 Å². The Morgan fingerprint density at radius 2 is 1.97 bits per heavy atom. The van der Waals surface area contributed by atoms with E-state index in [0.29, 0.717) is 47.6 Å². The molecule has 1 aliphatic heterocycles. The number of hydrogen-bond donors (Lipinski definition) is 3. The van der Waals surface area contributed by atoms with Gasteiger partial charge in [-0.1, -0.05) is 0 Å². The second-order valence-corrected chi connectivity index (χ2v) is 11.3. The molecule has 0 amide bonds. The molecule has 2 aliphatic rings. The van der Waals surface area contributed by atoms with Crippen LogP contribution in [0.15, 0.2) is 6.07 Å². The van der Waals surface area contributed by atoms with Crippen molar-refractivity contribution in [1.29, 1.82) is 10.5 Å². The molecule has 0 bridgehead atoms. The molecule has 2 fully saturated rings. The maximum atomic E-state index is 15.8. The quantitative estimate of drug-likeness (QED) is 0.363. The first kappa shape index (κ1) is 24.4. The molecule has 2 heterocycles. The molecule has 36 heavy (non-hydrogen) atoms. The van der Waals surface area contributed by atoms with Gasteiger partial charge in [-0.05, 0) is 56.6 Å². The van der Waals surface area contributed by atoms with Gasteiger partial charge >= 0.3 is 0 Å². The molecule has 1 saturated heterocycles. The SMILES string of the molecule is COc1c(N2CC[C@@H](C(C)(C)NCCC#N)C2)c(F)cc2c(O)c3c(O)c(C#N)sc3c(C3CC3)c12. The number of halogens is 1. The van der Waals surface area contributed by atoms with Crippen molar-refractivity contribution in [3.63, 3.8) is 0 Å². The van der Waals surface area contributed by atoms with Crippen LogP contribution in [0, 0.1) is 34.4 Å². The third-order valence-corrected chi connectivity index (χ3v) is 8.85. The van der Waals surface area contributed by atoms with Gasteiger partial charge in [-0.25, -0.2) is 4.39 Å². The van der Waals surface area contributed by atoms with E-state index < -0.39 is 5.82 Å². The first-order valence-electron chi connectivity index (χ1n) is 12.2. The molecule has 0 spiro atoms. The Labute approximate surface area is 213 Å². The molecular formula is C27H29FN4O3S. The van der Waals surface area contributed by atoms with Gasteiger partial charge in [-0.15, -0.1) is 11.3 Å². The number of fused-ring (bicyclic) bond motifs is 2. The Bertz CT molecular complexity index is 1450. The van der Waals surface area contributed by atoms with Gasteiger partial charge in [0, 0.05) is 47.1 Å². The number of thiophene rings is 1. The average molecular weight is 509 g/mol. The summed E-state index contributed by atoms with van der Waals surface area (Å²) in [5.74, 6) is -0.168. The number of methoxy groups -OCH3 is 1. The summed E-state index contributed by atoms with van der Waals surface area (Å²) >= 11 is 1.16. The fourth-order valence-electron chi connectivity index (χ4n) is 5.62. The maximum absolute atomic E-state index is 15.8. The van der Waals surface area contributed by atoms with Gasteiger partial charge in [0.15, 0.2) is 17.3 Å². The van der Waals surface area contributed by atoms with E-state index in [1.54, 1.807) is 0 Å². The van der Waals surface area contributed by atoms with Crippen molar-refractivity contribution >= 4 is 37.9 Å². The number of phenols is 1. The van der Waals surface area contributed by atoms with Gasteiger partial charge in [0.25, 0.3) is 0 Å². The summed E-state index contributed by atoms with van der Waals surface area (Å²) in [6.45, 7) is 6.10. The van der Waals surface area contributed by atoms with Crippen LogP contribution in [-0.2, 0) is 0 Å². The van der Waals surface area contributed by atoms with Crippen LogP contribution >= 0.6 is 11.3 Å². The van der Waals surface area contributed by atoms with Crippen LogP contribution in [0.25, 0.3) is 20.9 Å². The fourth-order valence-corrected chi connectivity index (χ4v) is 6.74. The molecule has 0 radical (unpaired) electrons. The number of hydrogen-bond acceptors (Lipinski definition) is 8. The van der Waals surface area contributed by atoms with Gasteiger partial charge < -0.3 is 25.2 Å². The molecule has 5 rings (SSSR count). The van der Waals surface area contributed by atoms with Crippen molar-refractivity contribution < 1.29 is 19.3 Å². The lowest BCUT2D eigenvalue weighted by atomic mass is 9.86. The molecule has 1 aromatic heterocycles. The van der Waals surface area contributed by atoms with Crippen molar-refractivity contribution in [1.82, 2.24) is 5.32 Å². The Balaban J connectivity index is 1.66. The molecule has 9 heteroatoms.